The number of pyridine rings is 1. The van der Waals surface area contributed by atoms with Gasteiger partial charge in [-0.3, -0.25) is 9.78 Å². The van der Waals surface area contributed by atoms with Crippen molar-refractivity contribution < 1.29 is 0 Å². The van der Waals surface area contributed by atoms with Crippen molar-refractivity contribution >= 4 is 22.8 Å². The number of para-hydroxylation sites is 1. The Morgan fingerprint density at radius 3 is 2.76 bits per heavy atom. The van der Waals surface area contributed by atoms with Crippen molar-refractivity contribution in [3.8, 4) is 0 Å². The summed E-state index contributed by atoms with van der Waals surface area (Å²) in [6.07, 6.45) is 4.23. The monoisotopic (exact) mass is 384 g/mol. The topological polar surface area (TPSA) is 75.4 Å². The second kappa shape index (κ2) is 7.01. The third-order valence-corrected chi connectivity index (χ3v) is 5.14. The SMILES string of the molecule is Cc1cc2nccc(=O)n2nc1N1CCc2ncc(Nc3ccccc3)cc2C1. The molecule has 0 amide bonds. The fraction of sp³-hybridized carbons (Fsp3) is 0.182. The normalized spacial score (nSPS) is 13.3. The van der Waals surface area contributed by atoms with Gasteiger partial charge in [-0.1, -0.05) is 18.2 Å². The second-order valence-electron chi connectivity index (χ2n) is 7.20. The summed E-state index contributed by atoms with van der Waals surface area (Å²) in [4.78, 5) is 23.3. The summed E-state index contributed by atoms with van der Waals surface area (Å²) in [5.41, 5.74) is 5.64. The number of hydrogen-bond acceptors (Lipinski definition) is 6. The molecule has 0 atom stereocenters. The van der Waals surface area contributed by atoms with Gasteiger partial charge in [0.1, 0.15) is 0 Å². The largest absolute Gasteiger partial charge is 0.354 e. The average molecular weight is 384 g/mol. The fourth-order valence-electron chi connectivity index (χ4n) is 3.72. The first-order chi connectivity index (χ1) is 14.2. The summed E-state index contributed by atoms with van der Waals surface area (Å²) < 4.78 is 1.36. The van der Waals surface area contributed by atoms with Crippen LogP contribution in [0, 0.1) is 6.92 Å². The van der Waals surface area contributed by atoms with E-state index in [4.69, 9.17) is 0 Å². The van der Waals surface area contributed by atoms with Crippen LogP contribution in [0.5, 0.6) is 0 Å². The van der Waals surface area contributed by atoms with E-state index in [1.54, 1.807) is 0 Å². The van der Waals surface area contributed by atoms with Crippen molar-refractivity contribution in [1.29, 1.82) is 0 Å². The summed E-state index contributed by atoms with van der Waals surface area (Å²) >= 11 is 0. The van der Waals surface area contributed by atoms with E-state index in [0.717, 1.165) is 47.0 Å². The van der Waals surface area contributed by atoms with Crippen LogP contribution in [0.4, 0.5) is 17.2 Å². The Balaban J connectivity index is 1.47. The Hall–Kier alpha value is -3.74. The Labute approximate surface area is 167 Å². The third kappa shape index (κ3) is 3.31. The predicted octanol–water partition coefficient (Wildman–Crippen LogP) is 3.10. The molecule has 3 aromatic heterocycles. The lowest BCUT2D eigenvalue weighted by atomic mass is 10.0. The predicted molar refractivity (Wildman–Crippen MR) is 113 cm³/mol. The highest BCUT2D eigenvalue weighted by Gasteiger charge is 2.21. The van der Waals surface area contributed by atoms with Crippen LogP contribution in [-0.4, -0.2) is 26.1 Å². The quantitative estimate of drug-likeness (QED) is 0.585. The van der Waals surface area contributed by atoms with E-state index < -0.39 is 0 Å². The van der Waals surface area contributed by atoms with Gasteiger partial charge in [0.25, 0.3) is 5.56 Å². The Kier molecular flexibility index (Phi) is 4.20. The van der Waals surface area contributed by atoms with Crippen molar-refractivity contribution in [2.45, 2.75) is 19.9 Å². The molecule has 1 aliphatic heterocycles. The summed E-state index contributed by atoms with van der Waals surface area (Å²) in [6.45, 7) is 3.50. The van der Waals surface area contributed by atoms with Gasteiger partial charge in [-0.2, -0.15) is 4.52 Å². The molecule has 1 aromatic carbocycles. The molecule has 0 radical (unpaired) electrons. The Bertz CT molecular complexity index is 1250. The lowest BCUT2D eigenvalue weighted by molar-refractivity contribution is 0.686. The smallest absolute Gasteiger partial charge is 0.274 e. The molecular weight excluding hydrogens is 364 g/mol. The Morgan fingerprint density at radius 2 is 1.90 bits per heavy atom. The number of benzene rings is 1. The summed E-state index contributed by atoms with van der Waals surface area (Å²) in [5.74, 6) is 0.805. The fourth-order valence-corrected chi connectivity index (χ4v) is 3.72. The van der Waals surface area contributed by atoms with Gasteiger partial charge in [0, 0.05) is 43.2 Å². The van der Waals surface area contributed by atoms with E-state index in [-0.39, 0.29) is 5.56 Å². The molecule has 1 aliphatic rings. The van der Waals surface area contributed by atoms with Crippen molar-refractivity contribution in [3.63, 3.8) is 0 Å². The molecule has 0 aliphatic carbocycles. The summed E-state index contributed by atoms with van der Waals surface area (Å²) in [7, 11) is 0. The van der Waals surface area contributed by atoms with E-state index in [9.17, 15) is 4.79 Å². The van der Waals surface area contributed by atoms with Gasteiger partial charge in [-0.05, 0) is 42.3 Å². The highest BCUT2D eigenvalue weighted by molar-refractivity contribution is 5.60. The molecule has 0 saturated carbocycles. The number of nitrogens with zero attached hydrogens (tertiary/aromatic N) is 5. The van der Waals surface area contributed by atoms with E-state index >= 15 is 0 Å². The number of fused-ring (bicyclic) bond motifs is 2. The zero-order chi connectivity index (χ0) is 19.8. The van der Waals surface area contributed by atoms with Gasteiger partial charge in [-0.15, -0.1) is 5.10 Å². The second-order valence-corrected chi connectivity index (χ2v) is 7.20. The van der Waals surface area contributed by atoms with Crippen molar-refractivity contribution in [3.05, 3.63) is 88.1 Å². The number of aromatic nitrogens is 4. The maximum absolute atomic E-state index is 12.2. The minimum atomic E-state index is -0.176. The maximum Gasteiger partial charge on any atom is 0.274 e. The van der Waals surface area contributed by atoms with Gasteiger partial charge >= 0.3 is 0 Å². The van der Waals surface area contributed by atoms with E-state index in [1.807, 2.05) is 49.5 Å². The van der Waals surface area contributed by atoms with E-state index in [0.29, 0.717) is 12.2 Å². The van der Waals surface area contributed by atoms with Crippen LogP contribution in [0.3, 0.4) is 0 Å². The van der Waals surface area contributed by atoms with Crippen LogP contribution >= 0.6 is 0 Å². The molecule has 144 valence electrons. The lowest BCUT2D eigenvalue weighted by Gasteiger charge is -2.30. The van der Waals surface area contributed by atoms with E-state index in [1.165, 1.54) is 16.8 Å². The van der Waals surface area contributed by atoms with Crippen molar-refractivity contribution in [1.82, 2.24) is 19.6 Å². The van der Waals surface area contributed by atoms with Crippen LogP contribution in [0.15, 0.2) is 65.7 Å². The van der Waals surface area contributed by atoms with Gasteiger partial charge in [-0.25, -0.2) is 4.98 Å². The molecule has 0 unspecified atom stereocenters. The average Bonchev–Trinajstić information content (AvgIpc) is 2.74. The minimum absolute atomic E-state index is 0.176. The molecule has 4 aromatic rings. The number of hydrogen-bond donors (Lipinski definition) is 1. The maximum atomic E-state index is 12.2. The van der Waals surface area contributed by atoms with Crippen LogP contribution in [0.2, 0.25) is 0 Å². The van der Waals surface area contributed by atoms with Crippen LogP contribution in [0.25, 0.3) is 5.65 Å². The molecular formula is C22H20N6O. The Morgan fingerprint density at radius 1 is 1.03 bits per heavy atom. The standard InChI is InChI=1S/C22H20N6O/c1-15-11-20-23-9-7-21(29)28(20)26-22(15)27-10-8-19-16(14-27)12-18(13-24-19)25-17-5-3-2-4-6-17/h2-7,9,11-13,25H,8,10,14H2,1H3. The van der Waals surface area contributed by atoms with Crippen LogP contribution < -0.4 is 15.8 Å². The molecule has 4 heterocycles. The van der Waals surface area contributed by atoms with Crippen molar-refractivity contribution in [2.75, 3.05) is 16.8 Å². The molecule has 0 bridgehead atoms. The highest BCUT2D eigenvalue weighted by Crippen LogP contribution is 2.27. The van der Waals surface area contributed by atoms with Crippen molar-refractivity contribution in [2.24, 2.45) is 0 Å². The number of nitrogens with one attached hydrogen (secondary N) is 1. The van der Waals surface area contributed by atoms with Gasteiger partial charge < -0.3 is 10.2 Å². The number of anilines is 3. The zero-order valence-electron chi connectivity index (χ0n) is 16.0. The molecule has 29 heavy (non-hydrogen) atoms. The molecule has 0 spiro atoms. The molecule has 5 rings (SSSR count). The lowest BCUT2D eigenvalue weighted by Crippen LogP contribution is -2.33. The molecule has 1 N–H and O–H groups in total. The summed E-state index contributed by atoms with van der Waals surface area (Å²) in [5, 5.41) is 7.99. The highest BCUT2D eigenvalue weighted by atomic mass is 16.1. The first-order valence-electron chi connectivity index (χ1n) is 9.58. The van der Waals surface area contributed by atoms with Gasteiger partial charge in [0.2, 0.25) is 0 Å². The molecule has 0 fully saturated rings. The first kappa shape index (κ1) is 17.4. The number of aryl methyl sites for hydroxylation is 1. The molecule has 7 heteroatoms. The van der Waals surface area contributed by atoms with E-state index in [2.05, 4.69) is 31.3 Å². The molecule has 0 saturated heterocycles. The first-order valence-corrected chi connectivity index (χ1v) is 9.58. The zero-order valence-corrected chi connectivity index (χ0v) is 16.0. The summed E-state index contributed by atoms with van der Waals surface area (Å²) in [6, 6.07) is 15.5. The minimum Gasteiger partial charge on any atom is -0.354 e. The van der Waals surface area contributed by atoms with Gasteiger partial charge in [0.15, 0.2) is 11.5 Å². The molecule has 7 nitrogen and oxygen atoms in total. The third-order valence-electron chi connectivity index (χ3n) is 5.14. The number of rotatable bonds is 3. The van der Waals surface area contributed by atoms with Crippen LogP contribution in [-0.2, 0) is 13.0 Å². The van der Waals surface area contributed by atoms with Gasteiger partial charge in [0.05, 0.1) is 11.9 Å². The van der Waals surface area contributed by atoms with Crippen LogP contribution in [0.1, 0.15) is 16.8 Å².